The van der Waals surface area contributed by atoms with Gasteiger partial charge in [0.25, 0.3) is 0 Å². The third kappa shape index (κ3) is 2.75. The van der Waals surface area contributed by atoms with E-state index in [1.807, 2.05) is 0 Å². The van der Waals surface area contributed by atoms with Crippen LogP contribution in [0.4, 0.5) is 0 Å². The Labute approximate surface area is 98.0 Å². The molecule has 0 aliphatic carbocycles. The van der Waals surface area contributed by atoms with E-state index in [1.54, 1.807) is 19.0 Å². The van der Waals surface area contributed by atoms with Crippen LogP contribution in [0.5, 0.6) is 0 Å². The Morgan fingerprint density at radius 3 is 2.88 bits per heavy atom. The average Bonchev–Trinajstić information content (AvgIpc) is 2.30. The standard InChI is InChI=1S/C12H21N3O/c1-5-10(6-2)15-8-7-13-9-11(15)12(16)14(3)4/h1,10-11,13H,6-9H2,2-4H3. The van der Waals surface area contributed by atoms with Crippen molar-refractivity contribution in [3.63, 3.8) is 0 Å². The lowest BCUT2D eigenvalue weighted by Crippen LogP contribution is -2.60. The van der Waals surface area contributed by atoms with E-state index >= 15 is 0 Å². The number of nitrogens with zero attached hydrogens (tertiary/aromatic N) is 2. The normalized spacial score (nSPS) is 23.5. The van der Waals surface area contributed by atoms with Crippen molar-refractivity contribution in [3.8, 4) is 12.3 Å². The molecule has 16 heavy (non-hydrogen) atoms. The van der Waals surface area contributed by atoms with Crippen LogP contribution in [0, 0.1) is 12.3 Å². The molecule has 90 valence electrons. The number of terminal acetylenes is 1. The Hall–Kier alpha value is -1.05. The first-order valence-corrected chi connectivity index (χ1v) is 5.75. The molecular formula is C12H21N3O. The van der Waals surface area contributed by atoms with E-state index in [9.17, 15) is 4.79 Å². The first-order chi connectivity index (χ1) is 7.61. The van der Waals surface area contributed by atoms with E-state index in [4.69, 9.17) is 6.42 Å². The summed E-state index contributed by atoms with van der Waals surface area (Å²) in [5.41, 5.74) is 0. The van der Waals surface area contributed by atoms with Crippen molar-refractivity contribution in [2.45, 2.75) is 25.4 Å². The van der Waals surface area contributed by atoms with E-state index < -0.39 is 0 Å². The topological polar surface area (TPSA) is 35.6 Å². The third-order valence-corrected chi connectivity index (χ3v) is 2.99. The summed E-state index contributed by atoms with van der Waals surface area (Å²) in [5, 5.41) is 3.25. The summed E-state index contributed by atoms with van der Waals surface area (Å²) < 4.78 is 0. The Bertz CT molecular complexity index is 282. The number of piperazine rings is 1. The quantitative estimate of drug-likeness (QED) is 0.671. The van der Waals surface area contributed by atoms with Crippen molar-refractivity contribution in [1.29, 1.82) is 0 Å². The molecule has 0 spiro atoms. The minimum absolute atomic E-state index is 0.0657. The number of hydrogen-bond donors (Lipinski definition) is 1. The van der Waals surface area contributed by atoms with Gasteiger partial charge in [-0.2, -0.15) is 0 Å². The van der Waals surface area contributed by atoms with Crippen LogP contribution in [0.25, 0.3) is 0 Å². The maximum Gasteiger partial charge on any atom is 0.240 e. The number of nitrogens with one attached hydrogen (secondary N) is 1. The van der Waals surface area contributed by atoms with Gasteiger partial charge < -0.3 is 10.2 Å². The van der Waals surface area contributed by atoms with Crippen molar-refractivity contribution in [1.82, 2.24) is 15.1 Å². The molecule has 1 fully saturated rings. The number of carbonyl (C=O) groups is 1. The summed E-state index contributed by atoms with van der Waals surface area (Å²) in [6.45, 7) is 4.49. The minimum atomic E-state index is -0.121. The van der Waals surface area contributed by atoms with E-state index in [2.05, 4.69) is 23.1 Å². The molecule has 1 rings (SSSR count). The van der Waals surface area contributed by atoms with Crippen molar-refractivity contribution in [2.24, 2.45) is 0 Å². The first-order valence-electron chi connectivity index (χ1n) is 5.75. The van der Waals surface area contributed by atoms with Crippen LogP contribution >= 0.6 is 0 Å². The average molecular weight is 223 g/mol. The summed E-state index contributed by atoms with van der Waals surface area (Å²) >= 11 is 0. The van der Waals surface area contributed by atoms with Gasteiger partial charge in [-0.15, -0.1) is 6.42 Å². The van der Waals surface area contributed by atoms with Gasteiger partial charge in [-0.3, -0.25) is 9.69 Å². The Morgan fingerprint density at radius 2 is 2.38 bits per heavy atom. The Morgan fingerprint density at radius 1 is 1.69 bits per heavy atom. The molecule has 4 nitrogen and oxygen atoms in total. The van der Waals surface area contributed by atoms with Gasteiger partial charge in [0.05, 0.1) is 6.04 Å². The molecule has 1 amide bonds. The molecular weight excluding hydrogens is 202 g/mol. The zero-order valence-corrected chi connectivity index (χ0v) is 10.4. The number of carbonyl (C=O) groups excluding carboxylic acids is 1. The second kappa shape index (κ2) is 5.88. The van der Waals surface area contributed by atoms with Crippen LogP contribution in [0.15, 0.2) is 0 Å². The van der Waals surface area contributed by atoms with Crippen LogP contribution in [0.2, 0.25) is 0 Å². The van der Waals surface area contributed by atoms with Gasteiger partial charge >= 0.3 is 0 Å². The maximum absolute atomic E-state index is 12.0. The van der Waals surface area contributed by atoms with Gasteiger partial charge in [0.15, 0.2) is 0 Å². The maximum atomic E-state index is 12.0. The van der Waals surface area contributed by atoms with Crippen LogP contribution in [-0.2, 0) is 4.79 Å². The van der Waals surface area contributed by atoms with Gasteiger partial charge in [-0.25, -0.2) is 0 Å². The summed E-state index contributed by atoms with van der Waals surface area (Å²) in [5.74, 6) is 2.90. The summed E-state index contributed by atoms with van der Waals surface area (Å²) in [6, 6.07) is -0.0549. The largest absolute Gasteiger partial charge is 0.347 e. The monoisotopic (exact) mass is 223 g/mol. The molecule has 0 saturated carbocycles. The fourth-order valence-corrected chi connectivity index (χ4v) is 2.07. The first kappa shape index (κ1) is 13.0. The van der Waals surface area contributed by atoms with Crippen LogP contribution < -0.4 is 5.32 Å². The van der Waals surface area contributed by atoms with E-state index in [-0.39, 0.29) is 18.0 Å². The number of amides is 1. The van der Waals surface area contributed by atoms with E-state index in [0.29, 0.717) is 6.54 Å². The van der Waals surface area contributed by atoms with Crippen molar-refractivity contribution < 1.29 is 4.79 Å². The molecule has 1 saturated heterocycles. The minimum Gasteiger partial charge on any atom is -0.347 e. The fraction of sp³-hybridized carbons (Fsp3) is 0.750. The molecule has 1 aliphatic heterocycles. The fourth-order valence-electron chi connectivity index (χ4n) is 2.07. The Kier molecular flexibility index (Phi) is 4.78. The van der Waals surface area contributed by atoms with E-state index in [1.165, 1.54) is 0 Å². The molecule has 4 heteroatoms. The SMILES string of the molecule is C#CC(CC)N1CCNCC1C(=O)N(C)C. The Balaban J connectivity index is 2.79. The van der Waals surface area contributed by atoms with Gasteiger partial charge in [-0.1, -0.05) is 12.8 Å². The molecule has 0 bridgehead atoms. The number of likely N-dealkylation sites (N-methyl/N-ethyl adjacent to an activating group) is 1. The molecule has 1 aliphatic rings. The highest BCUT2D eigenvalue weighted by atomic mass is 16.2. The van der Waals surface area contributed by atoms with Crippen molar-refractivity contribution in [2.75, 3.05) is 33.7 Å². The van der Waals surface area contributed by atoms with Gasteiger partial charge in [0.2, 0.25) is 5.91 Å². The van der Waals surface area contributed by atoms with Crippen LogP contribution in [-0.4, -0.2) is 61.5 Å². The predicted molar refractivity (Wildman–Crippen MR) is 65.0 cm³/mol. The molecule has 0 radical (unpaired) electrons. The number of hydrogen-bond acceptors (Lipinski definition) is 3. The summed E-state index contributed by atoms with van der Waals surface area (Å²) in [7, 11) is 3.57. The van der Waals surface area contributed by atoms with E-state index in [0.717, 1.165) is 19.5 Å². The van der Waals surface area contributed by atoms with Crippen molar-refractivity contribution in [3.05, 3.63) is 0 Å². The molecule has 2 atom stereocenters. The highest BCUT2D eigenvalue weighted by Gasteiger charge is 2.32. The lowest BCUT2D eigenvalue weighted by molar-refractivity contribution is -0.135. The highest BCUT2D eigenvalue weighted by molar-refractivity contribution is 5.81. The zero-order chi connectivity index (χ0) is 12.1. The summed E-state index contributed by atoms with van der Waals surface area (Å²) in [4.78, 5) is 15.8. The molecule has 0 aromatic carbocycles. The summed E-state index contributed by atoms with van der Waals surface area (Å²) in [6.07, 6.45) is 6.40. The highest BCUT2D eigenvalue weighted by Crippen LogP contribution is 2.12. The molecule has 0 aromatic rings. The van der Waals surface area contributed by atoms with Gasteiger partial charge in [-0.05, 0) is 6.42 Å². The van der Waals surface area contributed by atoms with Crippen LogP contribution in [0.3, 0.4) is 0 Å². The third-order valence-electron chi connectivity index (χ3n) is 2.99. The molecule has 2 unspecified atom stereocenters. The predicted octanol–water partition coefficient (Wildman–Crippen LogP) is -0.240. The lowest BCUT2D eigenvalue weighted by Gasteiger charge is -2.39. The molecule has 1 N–H and O–H groups in total. The molecule has 1 heterocycles. The van der Waals surface area contributed by atoms with Crippen molar-refractivity contribution >= 4 is 5.91 Å². The second-order valence-corrected chi connectivity index (χ2v) is 4.28. The zero-order valence-electron chi connectivity index (χ0n) is 10.4. The van der Waals surface area contributed by atoms with Gasteiger partial charge in [0, 0.05) is 33.7 Å². The second-order valence-electron chi connectivity index (χ2n) is 4.28. The van der Waals surface area contributed by atoms with Crippen LogP contribution in [0.1, 0.15) is 13.3 Å². The lowest BCUT2D eigenvalue weighted by atomic mass is 10.1. The number of rotatable bonds is 3. The van der Waals surface area contributed by atoms with Gasteiger partial charge in [0.1, 0.15) is 6.04 Å². The smallest absolute Gasteiger partial charge is 0.240 e. The molecule has 0 aromatic heterocycles.